The number of hydrogen-bond donors (Lipinski definition) is 0. The van der Waals surface area contributed by atoms with Crippen LogP contribution in [0, 0.1) is 5.82 Å². The Morgan fingerprint density at radius 3 is 2.38 bits per heavy atom. The van der Waals surface area contributed by atoms with Crippen LogP contribution in [0.1, 0.15) is 51.0 Å². The van der Waals surface area contributed by atoms with E-state index in [1.54, 1.807) is 30.6 Å². The van der Waals surface area contributed by atoms with E-state index >= 15 is 0 Å². The van der Waals surface area contributed by atoms with Crippen molar-refractivity contribution in [1.29, 1.82) is 0 Å². The summed E-state index contributed by atoms with van der Waals surface area (Å²) in [6.07, 6.45) is 11.8. The first kappa shape index (κ1) is 15.6. The van der Waals surface area contributed by atoms with E-state index in [2.05, 4.69) is 16.9 Å². The van der Waals surface area contributed by atoms with Crippen LogP contribution in [0.25, 0.3) is 11.4 Å². The van der Waals surface area contributed by atoms with Gasteiger partial charge in [0.2, 0.25) is 0 Å². The fourth-order valence-electron chi connectivity index (χ4n) is 2.44. The second-order valence-electron chi connectivity index (χ2n) is 5.40. The highest BCUT2D eigenvalue weighted by atomic mass is 19.1. The number of aryl methyl sites for hydroxylation is 1. The van der Waals surface area contributed by atoms with Gasteiger partial charge in [0, 0.05) is 12.4 Å². The summed E-state index contributed by atoms with van der Waals surface area (Å²) in [4.78, 5) is 8.18. The monoisotopic (exact) mass is 286 g/mol. The lowest BCUT2D eigenvalue weighted by molar-refractivity contribution is 0.603. The summed E-state index contributed by atoms with van der Waals surface area (Å²) in [5.74, 6) is 0.214. The standard InChI is InChI=1S/C18H23FN2/c1-2-3-4-5-6-7-9-15-10-11-16(17(19)14-15)18-20-12-8-13-21-18/h8,10-14H,2-7,9H2,1H3. The molecule has 0 spiro atoms. The van der Waals surface area contributed by atoms with Gasteiger partial charge in [0.1, 0.15) is 5.82 Å². The molecular formula is C18H23FN2. The molecule has 0 amide bonds. The molecule has 2 aromatic rings. The van der Waals surface area contributed by atoms with Gasteiger partial charge in [-0.3, -0.25) is 0 Å². The number of nitrogens with zero attached hydrogens (tertiary/aromatic N) is 2. The molecule has 3 heteroatoms. The number of hydrogen-bond acceptors (Lipinski definition) is 2. The van der Waals surface area contributed by atoms with Crippen LogP contribution in [-0.4, -0.2) is 9.97 Å². The Balaban J connectivity index is 1.88. The number of rotatable bonds is 8. The van der Waals surface area contributed by atoms with Crippen molar-refractivity contribution in [1.82, 2.24) is 9.97 Å². The molecule has 2 nitrogen and oxygen atoms in total. The maximum absolute atomic E-state index is 14.1. The number of halogens is 1. The fourth-order valence-corrected chi connectivity index (χ4v) is 2.44. The van der Waals surface area contributed by atoms with E-state index < -0.39 is 0 Å². The Kier molecular flexibility index (Phi) is 6.32. The molecule has 0 saturated carbocycles. The summed E-state index contributed by atoms with van der Waals surface area (Å²) in [5.41, 5.74) is 1.53. The second kappa shape index (κ2) is 8.50. The number of benzene rings is 1. The van der Waals surface area contributed by atoms with E-state index in [4.69, 9.17) is 0 Å². The van der Waals surface area contributed by atoms with Crippen LogP contribution >= 0.6 is 0 Å². The first-order valence-electron chi connectivity index (χ1n) is 7.87. The summed E-state index contributed by atoms with van der Waals surface area (Å²) >= 11 is 0. The van der Waals surface area contributed by atoms with Crippen LogP contribution < -0.4 is 0 Å². The maximum atomic E-state index is 14.1. The minimum atomic E-state index is -0.232. The smallest absolute Gasteiger partial charge is 0.162 e. The van der Waals surface area contributed by atoms with Gasteiger partial charge in [0.25, 0.3) is 0 Å². The molecule has 0 aliphatic heterocycles. The third-order valence-corrected chi connectivity index (χ3v) is 3.66. The van der Waals surface area contributed by atoms with E-state index in [0.29, 0.717) is 11.4 Å². The van der Waals surface area contributed by atoms with Crippen LogP contribution in [0.5, 0.6) is 0 Å². The van der Waals surface area contributed by atoms with Gasteiger partial charge in [-0.15, -0.1) is 0 Å². The van der Waals surface area contributed by atoms with E-state index in [0.717, 1.165) is 18.4 Å². The Morgan fingerprint density at radius 1 is 0.952 bits per heavy atom. The van der Waals surface area contributed by atoms with Crippen molar-refractivity contribution in [3.63, 3.8) is 0 Å². The highest BCUT2D eigenvalue weighted by Crippen LogP contribution is 2.20. The molecule has 112 valence electrons. The quantitative estimate of drug-likeness (QED) is 0.624. The van der Waals surface area contributed by atoms with Crippen molar-refractivity contribution in [3.8, 4) is 11.4 Å². The third kappa shape index (κ3) is 4.92. The molecule has 0 aliphatic carbocycles. The van der Waals surface area contributed by atoms with Crippen LogP contribution in [0.15, 0.2) is 36.7 Å². The van der Waals surface area contributed by atoms with Gasteiger partial charge >= 0.3 is 0 Å². The molecule has 0 unspecified atom stereocenters. The predicted molar refractivity (Wildman–Crippen MR) is 84.5 cm³/mol. The van der Waals surface area contributed by atoms with E-state index in [1.165, 1.54) is 32.1 Å². The van der Waals surface area contributed by atoms with Crippen molar-refractivity contribution in [2.45, 2.75) is 51.9 Å². The number of aromatic nitrogens is 2. The summed E-state index contributed by atoms with van der Waals surface area (Å²) in [6.45, 7) is 2.22. The maximum Gasteiger partial charge on any atom is 0.162 e. The third-order valence-electron chi connectivity index (χ3n) is 3.66. The largest absolute Gasteiger partial charge is 0.236 e. The average Bonchev–Trinajstić information content (AvgIpc) is 2.52. The molecule has 0 aliphatic rings. The molecule has 0 atom stereocenters. The highest BCUT2D eigenvalue weighted by Gasteiger charge is 2.08. The van der Waals surface area contributed by atoms with Gasteiger partial charge in [-0.05, 0) is 36.6 Å². The lowest BCUT2D eigenvalue weighted by Gasteiger charge is -2.05. The van der Waals surface area contributed by atoms with E-state index in [1.807, 2.05) is 6.07 Å². The van der Waals surface area contributed by atoms with Gasteiger partial charge in [0.15, 0.2) is 5.82 Å². The van der Waals surface area contributed by atoms with Crippen LogP contribution in [-0.2, 0) is 6.42 Å². The first-order valence-corrected chi connectivity index (χ1v) is 7.87. The summed E-state index contributed by atoms with van der Waals surface area (Å²) in [7, 11) is 0. The molecule has 0 radical (unpaired) electrons. The SMILES string of the molecule is CCCCCCCCc1ccc(-c2ncccn2)c(F)c1. The Hall–Kier alpha value is -1.77. The first-order chi connectivity index (χ1) is 10.3. The fraction of sp³-hybridized carbons (Fsp3) is 0.444. The van der Waals surface area contributed by atoms with Crippen molar-refractivity contribution >= 4 is 0 Å². The minimum Gasteiger partial charge on any atom is -0.236 e. The zero-order valence-corrected chi connectivity index (χ0v) is 12.7. The second-order valence-corrected chi connectivity index (χ2v) is 5.40. The summed E-state index contributed by atoms with van der Waals surface area (Å²) < 4.78 is 14.1. The van der Waals surface area contributed by atoms with Crippen molar-refractivity contribution < 1.29 is 4.39 Å². The Labute approximate surface area is 126 Å². The molecule has 1 aromatic heterocycles. The molecule has 0 bridgehead atoms. The van der Waals surface area contributed by atoms with Crippen molar-refractivity contribution in [3.05, 3.63) is 48.0 Å². The van der Waals surface area contributed by atoms with Gasteiger partial charge < -0.3 is 0 Å². The van der Waals surface area contributed by atoms with Gasteiger partial charge in [-0.1, -0.05) is 45.1 Å². The Morgan fingerprint density at radius 2 is 1.67 bits per heavy atom. The van der Waals surface area contributed by atoms with E-state index in [-0.39, 0.29) is 5.82 Å². The summed E-state index contributed by atoms with van der Waals surface area (Å²) in [6, 6.07) is 7.13. The zero-order chi connectivity index (χ0) is 14.9. The minimum absolute atomic E-state index is 0.232. The van der Waals surface area contributed by atoms with Gasteiger partial charge in [0.05, 0.1) is 5.56 Å². The lowest BCUT2D eigenvalue weighted by atomic mass is 10.0. The average molecular weight is 286 g/mol. The van der Waals surface area contributed by atoms with Crippen molar-refractivity contribution in [2.24, 2.45) is 0 Å². The van der Waals surface area contributed by atoms with Crippen LogP contribution in [0.3, 0.4) is 0 Å². The molecule has 0 fully saturated rings. The lowest BCUT2D eigenvalue weighted by Crippen LogP contribution is -1.93. The van der Waals surface area contributed by atoms with Gasteiger partial charge in [-0.25, -0.2) is 14.4 Å². The molecule has 21 heavy (non-hydrogen) atoms. The van der Waals surface area contributed by atoms with Crippen LogP contribution in [0.4, 0.5) is 4.39 Å². The normalized spacial score (nSPS) is 10.8. The molecule has 0 N–H and O–H groups in total. The molecular weight excluding hydrogens is 263 g/mol. The number of unbranched alkanes of at least 4 members (excludes halogenated alkanes) is 5. The molecule has 1 aromatic carbocycles. The predicted octanol–water partition coefficient (Wildman–Crippen LogP) is 5.19. The van der Waals surface area contributed by atoms with Crippen LogP contribution in [0.2, 0.25) is 0 Å². The molecule has 0 saturated heterocycles. The Bertz CT molecular complexity index is 540. The summed E-state index contributed by atoms with van der Waals surface area (Å²) in [5, 5.41) is 0. The molecule has 1 heterocycles. The zero-order valence-electron chi connectivity index (χ0n) is 12.7. The topological polar surface area (TPSA) is 25.8 Å². The molecule has 2 rings (SSSR count). The highest BCUT2D eigenvalue weighted by molar-refractivity contribution is 5.56. The van der Waals surface area contributed by atoms with Gasteiger partial charge in [-0.2, -0.15) is 0 Å². The van der Waals surface area contributed by atoms with Crippen molar-refractivity contribution in [2.75, 3.05) is 0 Å². The van der Waals surface area contributed by atoms with E-state index in [9.17, 15) is 4.39 Å².